The van der Waals surface area contributed by atoms with Gasteiger partial charge in [-0.2, -0.15) is 0 Å². The highest BCUT2D eigenvalue weighted by Crippen LogP contribution is 2.24. The lowest BCUT2D eigenvalue weighted by atomic mass is 10.1. The fraction of sp³-hybridized carbons (Fsp3) is 0.0909. The van der Waals surface area contributed by atoms with Crippen LogP contribution in [0.2, 0.25) is 0 Å². The summed E-state index contributed by atoms with van der Waals surface area (Å²) in [5, 5.41) is 5.78. The third-order valence-corrected chi connectivity index (χ3v) is 5.72. The van der Waals surface area contributed by atoms with Crippen LogP contribution in [-0.4, -0.2) is 17.6 Å². The van der Waals surface area contributed by atoms with Crippen molar-refractivity contribution in [3.05, 3.63) is 88.4 Å². The molecule has 0 aromatic heterocycles. The number of carbonyl (C=O) groups is 2. The summed E-state index contributed by atoms with van der Waals surface area (Å²) >= 11 is 4.85. The quantitative estimate of drug-likeness (QED) is 0.466. The summed E-state index contributed by atoms with van der Waals surface area (Å²) < 4.78 is 0.849. The van der Waals surface area contributed by atoms with Crippen molar-refractivity contribution in [2.24, 2.45) is 0 Å². The molecule has 2 N–H and O–H groups in total. The largest absolute Gasteiger partial charge is 0.324 e. The number of rotatable bonds is 6. The molecule has 0 heterocycles. The van der Waals surface area contributed by atoms with Crippen molar-refractivity contribution in [2.75, 3.05) is 16.4 Å². The van der Waals surface area contributed by atoms with Gasteiger partial charge < -0.3 is 10.6 Å². The van der Waals surface area contributed by atoms with E-state index in [2.05, 4.69) is 26.6 Å². The Bertz CT molecular complexity index is 990. The van der Waals surface area contributed by atoms with Gasteiger partial charge in [-0.05, 0) is 70.9 Å². The lowest BCUT2D eigenvalue weighted by Gasteiger charge is -2.09. The minimum Gasteiger partial charge on any atom is -0.324 e. The Hall–Kier alpha value is -2.57. The van der Waals surface area contributed by atoms with Crippen LogP contribution >= 0.6 is 27.7 Å². The number of benzene rings is 3. The minimum atomic E-state index is -0.133. The van der Waals surface area contributed by atoms with Gasteiger partial charge in [-0.3, -0.25) is 9.59 Å². The molecule has 0 aliphatic rings. The number of carbonyl (C=O) groups excluding carboxylic acids is 2. The van der Waals surface area contributed by atoms with Crippen LogP contribution in [0.4, 0.5) is 11.4 Å². The SMILES string of the molecule is Cc1ccccc1C(=O)Nc1ccc(SCC(=O)Nc2ccccc2Br)cc1. The molecule has 3 aromatic carbocycles. The first-order valence-electron chi connectivity index (χ1n) is 8.67. The van der Waals surface area contributed by atoms with E-state index in [1.807, 2.05) is 73.7 Å². The third kappa shape index (κ3) is 5.47. The number of aryl methyl sites for hydroxylation is 1. The fourth-order valence-electron chi connectivity index (χ4n) is 2.56. The second-order valence-corrected chi connectivity index (χ2v) is 8.01. The molecule has 0 radical (unpaired) electrons. The first kappa shape index (κ1) is 20.2. The molecular weight excluding hydrogens is 436 g/mol. The van der Waals surface area contributed by atoms with E-state index in [0.29, 0.717) is 11.3 Å². The maximum atomic E-state index is 12.4. The number of amides is 2. The Morgan fingerprint density at radius 1 is 0.893 bits per heavy atom. The summed E-state index contributed by atoms with van der Waals surface area (Å²) in [5.74, 6) is 0.0936. The Balaban J connectivity index is 1.53. The highest BCUT2D eigenvalue weighted by Gasteiger charge is 2.09. The molecule has 0 saturated carbocycles. The van der Waals surface area contributed by atoms with E-state index in [0.717, 1.165) is 26.3 Å². The highest BCUT2D eigenvalue weighted by molar-refractivity contribution is 9.10. The van der Waals surface area contributed by atoms with Crippen molar-refractivity contribution in [1.82, 2.24) is 0 Å². The molecular formula is C22H19BrN2O2S. The standard InChI is InChI=1S/C22H19BrN2O2S/c1-15-6-2-3-7-18(15)22(27)24-16-10-12-17(13-11-16)28-14-21(26)25-20-9-5-4-8-19(20)23/h2-13H,14H2,1H3,(H,24,27)(H,25,26). The van der Waals surface area contributed by atoms with Gasteiger partial charge in [-0.15, -0.1) is 11.8 Å². The minimum absolute atomic E-state index is 0.0752. The molecule has 28 heavy (non-hydrogen) atoms. The first-order valence-corrected chi connectivity index (χ1v) is 10.4. The van der Waals surface area contributed by atoms with E-state index < -0.39 is 0 Å². The van der Waals surface area contributed by atoms with Gasteiger partial charge in [-0.1, -0.05) is 30.3 Å². The first-order chi connectivity index (χ1) is 13.5. The van der Waals surface area contributed by atoms with E-state index in [1.165, 1.54) is 11.8 Å². The Morgan fingerprint density at radius 2 is 1.57 bits per heavy atom. The van der Waals surface area contributed by atoms with E-state index in [-0.39, 0.29) is 11.8 Å². The van der Waals surface area contributed by atoms with Gasteiger partial charge in [-0.25, -0.2) is 0 Å². The molecule has 3 aromatic rings. The maximum absolute atomic E-state index is 12.4. The van der Waals surface area contributed by atoms with Gasteiger partial charge in [0.15, 0.2) is 0 Å². The lowest BCUT2D eigenvalue weighted by molar-refractivity contribution is -0.113. The molecule has 0 spiro atoms. The number of anilines is 2. The molecule has 6 heteroatoms. The number of halogens is 1. The number of para-hydroxylation sites is 1. The van der Waals surface area contributed by atoms with Gasteiger partial charge in [0.05, 0.1) is 11.4 Å². The lowest BCUT2D eigenvalue weighted by Crippen LogP contribution is -2.14. The molecule has 0 aliphatic carbocycles. The molecule has 0 atom stereocenters. The Labute approximate surface area is 176 Å². The van der Waals surface area contributed by atoms with Crippen LogP contribution in [0.3, 0.4) is 0 Å². The third-order valence-electron chi connectivity index (χ3n) is 4.02. The topological polar surface area (TPSA) is 58.2 Å². The number of nitrogens with one attached hydrogen (secondary N) is 2. The van der Waals surface area contributed by atoms with E-state index >= 15 is 0 Å². The summed E-state index contributed by atoms with van der Waals surface area (Å²) in [6, 6.07) is 22.4. The van der Waals surface area contributed by atoms with Gasteiger partial charge >= 0.3 is 0 Å². The van der Waals surface area contributed by atoms with Crippen LogP contribution in [0.5, 0.6) is 0 Å². The van der Waals surface area contributed by atoms with Gasteiger partial charge in [0.25, 0.3) is 5.91 Å². The average molecular weight is 455 g/mol. The predicted octanol–water partition coefficient (Wildman–Crippen LogP) is 5.74. The zero-order chi connectivity index (χ0) is 19.9. The zero-order valence-corrected chi connectivity index (χ0v) is 17.6. The van der Waals surface area contributed by atoms with Crippen LogP contribution < -0.4 is 10.6 Å². The molecule has 0 aliphatic heterocycles. The van der Waals surface area contributed by atoms with Crippen molar-refractivity contribution < 1.29 is 9.59 Å². The van der Waals surface area contributed by atoms with Crippen molar-refractivity contribution in [3.8, 4) is 0 Å². The molecule has 4 nitrogen and oxygen atoms in total. The summed E-state index contributed by atoms with van der Waals surface area (Å²) in [7, 11) is 0. The van der Waals surface area contributed by atoms with Crippen LogP contribution in [-0.2, 0) is 4.79 Å². The molecule has 142 valence electrons. The molecule has 0 saturated heterocycles. The monoisotopic (exact) mass is 454 g/mol. The van der Waals surface area contributed by atoms with E-state index in [1.54, 1.807) is 6.07 Å². The Morgan fingerprint density at radius 3 is 2.29 bits per heavy atom. The predicted molar refractivity (Wildman–Crippen MR) is 119 cm³/mol. The van der Waals surface area contributed by atoms with Gasteiger partial charge in [0, 0.05) is 20.6 Å². The summed E-state index contributed by atoms with van der Waals surface area (Å²) in [4.78, 5) is 25.4. The Kier molecular flexibility index (Phi) is 6.90. The van der Waals surface area contributed by atoms with Crippen molar-refractivity contribution in [2.45, 2.75) is 11.8 Å². The number of hydrogen-bond donors (Lipinski definition) is 2. The van der Waals surface area contributed by atoms with Crippen molar-refractivity contribution >= 4 is 50.9 Å². The second-order valence-electron chi connectivity index (χ2n) is 6.11. The van der Waals surface area contributed by atoms with Crippen LogP contribution in [0.15, 0.2) is 82.2 Å². The number of thioether (sulfide) groups is 1. The molecule has 0 bridgehead atoms. The summed E-state index contributed by atoms with van der Waals surface area (Å²) in [6.07, 6.45) is 0. The maximum Gasteiger partial charge on any atom is 0.255 e. The van der Waals surface area contributed by atoms with Crippen molar-refractivity contribution in [1.29, 1.82) is 0 Å². The van der Waals surface area contributed by atoms with E-state index in [4.69, 9.17) is 0 Å². The van der Waals surface area contributed by atoms with Crippen LogP contribution in [0.25, 0.3) is 0 Å². The van der Waals surface area contributed by atoms with Crippen molar-refractivity contribution in [3.63, 3.8) is 0 Å². The summed E-state index contributed by atoms with van der Waals surface area (Å²) in [5.41, 5.74) is 3.06. The highest BCUT2D eigenvalue weighted by atomic mass is 79.9. The average Bonchev–Trinajstić information content (AvgIpc) is 2.69. The second kappa shape index (κ2) is 9.57. The molecule has 0 fully saturated rings. The molecule has 2 amide bonds. The van der Waals surface area contributed by atoms with Gasteiger partial charge in [0.1, 0.15) is 0 Å². The van der Waals surface area contributed by atoms with Crippen LogP contribution in [0.1, 0.15) is 15.9 Å². The fourth-order valence-corrected chi connectivity index (χ4v) is 3.64. The molecule has 0 unspecified atom stereocenters. The zero-order valence-electron chi connectivity index (χ0n) is 15.2. The van der Waals surface area contributed by atoms with Crippen LogP contribution in [0, 0.1) is 6.92 Å². The molecule has 3 rings (SSSR count). The smallest absolute Gasteiger partial charge is 0.255 e. The normalized spacial score (nSPS) is 10.4. The van der Waals surface area contributed by atoms with E-state index in [9.17, 15) is 9.59 Å². The summed E-state index contributed by atoms with van der Waals surface area (Å²) in [6.45, 7) is 1.91. The number of hydrogen-bond acceptors (Lipinski definition) is 3. The van der Waals surface area contributed by atoms with Gasteiger partial charge in [0.2, 0.25) is 5.91 Å².